The lowest BCUT2D eigenvalue weighted by Crippen LogP contribution is -2.42. The number of hydrogen-bond acceptors (Lipinski definition) is 3. The van der Waals surface area contributed by atoms with Gasteiger partial charge in [-0.2, -0.15) is 13.2 Å². The van der Waals surface area contributed by atoms with Gasteiger partial charge in [0.1, 0.15) is 0 Å². The molecule has 1 aromatic rings. The molecule has 1 aliphatic rings. The fourth-order valence-corrected chi connectivity index (χ4v) is 3.61. The number of nitrogens with two attached hydrogens (primary N) is 1. The van der Waals surface area contributed by atoms with Crippen LogP contribution in [0.1, 0.15) is 18.4 Å². The summed E-state index contributed by atoms with van der Waals surface area (Å²) < 4.78 is 38.8. The number of benzene rings is 1. The van der Waals surface area contributed by atoms with Gasteiger partial charge in [0.25, 0.3) is 0 Å². The molecular weight excluding hydrogens is 301 g/mol. The number of nitrogens with zero attached hydrogens (tertiary/aromatic N) is 1. The highest BCUT2D eigenvalue weighted by Crippen LogP contribution is 2.39. The van der Waals surface area contributed by atoms with Gasteiger partial charge in [-0.3, -0.25) is 4.79 Å². The second-order valence-corrected chi connectivity index (χ2v) is 6.24. The fourth-order valence-electron chi connectivity index (χ4n) is 2.34. The second kappa shape index (κ2) is 6.70. The Morgan fingerprint density at radius 3 is 2.48 bits per heavy atom. The summed E-state index contributed by atoms with van der Waals surface area (Å²) >= 11 is 1.25. The van der Waals surface area contributed by atoms with Crippen molar-refractivity contribution < 1.29 is 18.0 Å². The third-order valence-corrected chi connectivity index (χ3v) is 4.87. The third-order valence-electron chi connectivity index (χ3n) is 3.46. The highest BCUT2D eigenvalue weighted by atomic mass is 32.2. The Labute approximate surface area is 125 Å². The maximum absolute atomic E-state index is 12.9. The molecule has 3 nitrogen and oxygen atoms in total. The van der Waals surface area contributed by atoms with E-state index in [-0.39, 0.29) is 22.6 Å². The van der Waals surface area contributed by atoms with Crippen LogP contribution in [0, 0.1) is 0 Å². The first-order valence-corrected chi connectivity index (χ1v) is 7.60. The molecule has 0 unspecified atom stereocenters. The van der Waals surface area contributed by atoms with E-state index < -0.39 is 11.7 Å². The molecule has 0 aromatic heterocycles. The van der Waals surface area contributed by atoms with Gasteiger partial charge in [0.15, 0.2) is 0 Å². The minimum atomic E-state index is -4.33. The van der Waals surface area contributed by atoms with Crippen LogP contribution >= 0.6 is 11.8 Å². The maximum atomic E-state index is 12.9. The van der Waals surface area contributed by atoms with E-state index in [2.05, 4.69) is 0 Å². The number of hydrogen-bond donors (Lipinski definition) is 1. The van der Waals surface area contributed by atoms with Gasteiger partial charge < -0.3 is 10.6 Å². The highest BCUT2D eigenvalue weighted by molar-refractivity contribution is 8.00. The van der Waals surface area contributed by atoms with Gasteiger partial charge in [0.2, 0.25) is 5.91 Å². The summed E-state index contributed by atoms with van der Waals surface area (Å²) in [6, 6.07) is 5.63. The Morgan fingerprint density at radius 1 is 1.29 bits per heavy atom. The molecule has 116 valence electrons. The van der Waals surface area contributed by atoms with E-state index in [4.69, 9.17) is 5.73 Å². The van der Waals surface area contributed by atoms with E-state index in [9.17, 15) is 18.0 Å². The van der Waals surface area contributed by atoms with Crippen LogP contribution in [-0.2, 0) is 11.0 Å². The number of halogens is 3. The molecule has 0 atom stereocenters. The molecule has 1 aromatic carbocycles. The van der Waals surface area contributed by atoms with Crippen molar-refractivity contribution in [1.29, 1.82) is 0 Å². The highest BCUT2D eigenvalue weighted by Gasteiger charge is 2.34. The number of thioether (sulfide) groups is 1. The van der Waals surface area contributed by atoms with E-state index >= 15 is 0 Å². The minimum absolute atomic E-state index is 0.0191. The average Bonchev–Trinajstić information content (AvgIpc) is 2.47. The zero-order valence-corrected chi connectivity index (χ0v) is 12.2. The summed E-state index contributed by atoms with van der Waals surface area (Å²) in [5.74, 6) is -0.103. The predicted molar refractivity (Wildman–Crippen MR) is 76.0 cm³/mol. The van der Waals surface area contributed by atoms with Crippen molar-refractivity contribution in [3.63, 3.8) is 0 Å². The molecule has 2 rings (SSSR count). The molecule has 1 heterocycles. The van der Waals surface area contributed by atoms with Crippen molar-refractivity contribution in [2.75, 3.05) is 19.6 Å². The lowest BCUT2D eigenvalue weighted by atomic mass is 10.1. The molecule has 21 heavy (non-hydrogen) atoms. The Hall–Kier alpha value is -1.21. The number of alkyl halides is 3. The van der Waals surface area contributed by atoms with Crippen molar-refractivity contribution in [1.82, 2.24) is 4.90 Å². The molecule has 0 bridgehead atoms. The van der Waals surface area contributed by atoms with Gasteiger partial charge in [0.05, 0.1) is 12.1 Å². The summed E-state index contributed by atoms with van der Waals surface area (Å²) in [4.78, 5) is 13.4. The number of carbonyl (C=O) groups is 1. The van der Waals surface area contributed by atoms with Crippen molar-refractivity contribution in [3.05, 3.63) is 29.8 Å². The van der Waals surface area contributed by atoms with Gasteiger partial charge in [0, 0.05) is 23.2 Å². The Balaban J connectivity index is 2.00. The Kier molecular flexibility index (Phi) is 5.16. The number of likely N-dealkylation sites (tertiary alicyclic amines) is 1. The van der Waals surface area contributed by atoms with Crippen molar-refractivity contribution in [2.45, 2.75) is 29.2 Å². The predicted octanol–water partition coefficient (Wildman–Crippen LogP) is 2.75. The van der Waals surface area contributed by atoms with Crippen molar-refractivity contribution >= 4 is 17.7 Å². The molecule has 2 N–H and O–H groups in total. The van der Waals surface area contributed by atoms with Crippen LogP contribution in [0.25, 0.3) is 0 Å². The summed E-state index contributed by atoms with van der Waals surface area (Å²) in [7, 11) is 0. The van der Waals surface area contributed by atoms with Crippen molar-refractivity contribution in [2.24, 2.45) is 5.73 Å². The topological polar surface area (TPSA) is 46.3 Å². The molecule has 7 heteroatoms. The van der Waals surface area contributed by atoms with Gasteiger partial charge in [-0.05, 0) is 25.0 Å². The molecular formula is C14H17F3N2OS. The van der Waals surface area contributed by atoms with E-state index in [0.29, 0.717) is 25.9 Å². The number of piperidine rings is 1. The normalized spacial score (nSPS) is 17.0. The molecule has 1 fully saturated rings. The van der Waals surface area contributed by atoms with E-state index in [1.807, 2.05) is 0 Å². The lowest BCUT2D eigenvalue weighted by molar-refractivity contribution is -0.139. The first kappa shape index (κ1) is 16.2. The molecule has 1 saturated heterocycles. The summed E-state index contributed by atoms with van der Waals surface area (Å²) in [6.07, 6.45) is -2.97. The summed E-state index contributed by atoms with van der Waals surface area (Å²) in [5.41, 5.74) is 4.72. The maximum Gasteiger partial charge on any atom is 0.417 e. The zero-order valence-electron chi connectivity index (χ0n) is 11.4. The summed E-state index contributed by atoms with van der Waals surface area (Å²) in [6.45, 7) is 1.10. The van der Waals surface area contributed by atoms with Gasteiger partial charge >= 0.3 is 6.18 Å². The fraction of sp³-hybridized carbons (Fsp3) is 0.500. The van der Waals surface area contributed by atoms with Crippen LogP contribution in [0.3, 0.4) is 0 Å². The second-order valence-electron chi connectivity index (χ2n) is 4.90. The van der Waals surface area contributed by atoms with Gasteiger partial charge in [-0.1, -0.05) is 12.1 Å². The third kappa shape index (κ3) is 4.14. The lowest BCUT2D eigenvalue weighted by Gasteiger charge is -2.31. The molecule has 0 radical (unpaired) electrons. The first-order chi connectivity index (χ1) is 9.91. The van der Waals surface area contributed by atoms with Gasteiger partial charge in [-0.25, -0.2) is 0 Å². The molecule has 0 aliphatic carbocycles. The van der Waals surface area contributed by atoms with Crippen LogP contribution in [0.15, 0.2) is 29.2 Å². The average molecular weight is 318 g/mol. The minimum Gasteiger partial charge on any atom is -0.342 e. The SMILES string of the molecule is NCC(=O)N1CCC(Sc2ccccc2C(F)(F)F)CC1. The molecule has 1 amide bonds. The molecule has 1 aliphatic heterocycles. The Bertz CT molecular complexity index is 499. The quantitative estimate of drug-likeness (QED) is 0.932. The van der Waals surface area contributed by atoms with Gasteiger partial charge in [-0.15, -0.1) is 11.8 Å². The van der Waals surface area contributed by atoms with Crippen LogP contribution in [0.5, 0.6) is 0 Å². The zero-order chi connectivity index (χ0) is 15.5. The van der Waals surface area contributed by atoms with Crippen LogP contribution in [-0.4, -0.2) is 35.7 Å². The Morgan fingerprint density at radius 2 is 1.90 bits per heavy atom. The van der Waals surface area contributed by atoms with E-state index in [0.717, 1.165) is 6.07 Å². The summed E-state index contributed by atoms with van der Waals surface area (Å²) in [5, 5.41) is 0.0929. The van der Waals surface area contributed by atoms with Crippen LogP contribution < -0.4 is 5.73 Å². The number of rotatable bonds is 3. The van der Waals surface area contributed by atoms with Crippen LogP contribution in [0.4, 0.5) is 13.2 Å². The molecule has 0 saturated carbocycles. The van der Waals surface area contributed by atoms with E-state index in [1.165, 1.54) is 23.9 Å². The van der Waals surface area contributed by atoms with Crippen molar-refractivity contribution in [3.8, 4) is 0 Å². The smallest absolute Gasteiger partial charge is 0.342 e. The number of amides is 1. The first-order valence-electron chi connectivity index (χ1n) is 6.72. The number of carbonyl (C=O) groups excluding carboxylic acids is 1. The largest absolute Gasteiger partial charge is 0.417 e. The monoisotopic (exact) mass is 318 g/mol. The van der Waals surface area contributed by atoms with Crippen LogP contribution in [0.2, 0.25) is 0 Å². The van der Waals surface area contributed by atoms with E-state index in [1.54, 1.807) is 11.0 Å². The molecule has 0 spiro atoms. The standard InChI is InChI=1S/C14H17F3N2OS/c15-14(16,17)11-3-1-2-4-12(11)21-10-5-7-19(8-6-10)13(20)9-18/h1-4,10H,5-9,18H2.